The standard InChI is InChI=1S/C14H14FN3O2/c1-16-12-5-6-17-8-10(12)14(19)18-9-3-4-11(15)13(7-9)20-2/h3-8H,1-2H3,(H,16,17)(H,18,19). The number of amides is 1. The molecule has 0 radical (unpaired) electrons. The van der Waals surface area contributed by atoms with Gasteiger partial charge in [-0.2, -0.15) is 0 Å². The van der Waals surface area contributed by atoms with Crippen molar-refractivity contribution >= 4 is 17.3 Å². The number of aromatic nitrogens is 1. The van der Waals surface area contributed by atoms with E-state index in [-0.39, 0.29) is 11.7 Å². The van der Waals surface area contributed by atoms with E-state index in [0.717, 1.165) is 0 Å². The highest BCUT2D eigenvalue weighted by atomic mass is 19.1. The molecule has 0 unspecified atom stereocenters. The Kier molecular flexibility index (Phi) is 4.14. The van der Waals surface area contributed by atoms with Crippen LogP contribution < -0.4 is 15.4 Å². The fourth-order valence-corrected chi connectivity index (χ4v) is 1.73. The van der Waals surface area contributed by atoms with Crippen LogP contribution in [0.1, 0.15) is 10.4 Å². The van der Waals surface area contributed by atoms with Gasteiger partial charge in [0.25, 0.3) is 5.91 Å². The fraction of sp³-hybridized carbons (Fsp3) is 0.143. The molecule has 104 valence electrons. The molecule has 5 nitrogen and oxygen atoms in total. The fourth-order valence-electron chi connectivity index (χ4n) is 1.73. The first-order chi connectivity index (χ1) is 9.65. The third-order valence-electron chi connectivity index (χ3n) is 2.74. The monoisotopic (exact) mass is 275 g/mol. The minimum atomic E-state index is -0.484. The van der Waals surface area contributed by atoms with E-state index in [1.165, 1.54) is 31.5 Å². The Morgan fingerprint density at radius 1 is 1.35 bits per heavy atom. The Balaban J connectivity index is 2.23. The number of benzene rings is 1. The van der Waals surface area contributed by atoms with Gasteiger partial charge < -0.3 is 15.4 Å². The van der Waals surface area contributed by atoms with E-state index >= 15 is 0 Å². The Bertz CT molecular complexity index is 632. The SMILES string of the molecule is CNc1ccncc1C(=O)Nc1ccc(F)c(OC)c1. The molecule has 1 aromatic carbocycles. The molecule has 0 fully saturated rings. The quantitative estimate of drug-likeness (QED) is 0.900. The second-order valence-electron chi connectivity index (χ2n) is 3.97. The number of carbonyl (C=O) groups excluding carboxylic acids is 1. The maximum absolute atomic E-state index is 13.3. The van der Waals surface area contributed by atoms with Gasteiger partial charge in [-0.25, -0.2) is 4.39 Å². The van der Waals surface area contributed by atoms with E-state index < -0.39 is 5.82 Å². The van der Waals surface area contributed by atoms with Gasteiger partial charge in [-0.15, -0.1) is 0 Å². The highest BCUT2D eigenvalue weighted by Crippen LogP contribution is 2.22. The van der Waals surface area contributed by atoms with E-state index in [1.807, 2.05) is 0 Å². The molecular weight excluding hydrogens is 261 g/mol. The number of carbonyl (C=O) groups is 1. The Labute approximate surface area is 115 Å². The van der Waals surface area contributed by atoms with Gasteiger partial charge in [-0.1, -0.05) is 0 Å². The molecule has 0 aliphatic carbocycles. The number of rotatable bonds is 4. The van der Waals surface area contributed by atoms with E-state index in [1.54, 1.807) is 19.3 Å². The third-order valence-corrected chi connectivity index (χ3v) is 2.74. The normalized spacial score (nSPS) is 9.95. The summed E-state index contributed by atoms with van der Waals surface area (Å²) in [4.78, 5) is 16.1. The topological polar surface area (TPSA) is 63.2 Å². The maximum atomic E-state index is 13.3. The first-order valence-corrected chi connectivity index (χ1v) is 5.92. The van der Waals surface area contributed by atoms with Crippen LogP contribution in [0.25, 0.3) is 0 Å². The summed E-state index contributed by atoms with van der Waals surface area (Å²) in [6.07, 6.45) is 3.05. The van der Waals surface area contributed by atoms with E-state index in [9.17, 15) is 9.18 Å². The number of methoxy groups -OCH3 is 1. The van der Waals surface area contributed by atoms with Crippen molar-refractivity contribution in [3.63, 3.8) is 0 Å². The second-order valence-corrected chi connectivity index (χ2v) is 3.97. The number of ether oxygens (including phenoxy) is 1. The number of pyridine rings is 1. The Hall–Kier alpha value is -2.63. The molecule has 0 atom stereocenters. The van der Waals surface area contributed by atoms with E-state index in [4.69, 9.17) is 4.74 Å². The second kappa shape index (κ2) is 6.01. The Morgan fingerprint density at radius 2 is 2.15 bits per heavy atom. The van der Waals surface area contributed by atoms with Crippen LogP contribution in [0.3, 0.4) is 0 Å². The van der Waals surface area contributed by atoms with Gasteiger partial charge in [0, 0.05) is 36.9 Å². The van der Waals surface area contributed by atoms with Crippen LogP contribution in [0.4, 0.5) is 15.8 Å². The Morgan fingerprint density at radius 3 is 2.85 bits per heavy atom. The minimum absolute atomic E-state index is 0.0721. The third kappa shape index (κ3) is 2.85. The van der Waals surface area contributed by atoms with Crippen LogP contribution in [-0.4, -0.2) is 25.0 Å². The summed E-state index contributed by atoms with van der Waals surface area (Å²) in [5.74, 6) is -0.748. The van der Waals surface area contributed by atoms with Gasteiger partial charge in [0.1, 0.15) is 0 Å². The van der Waals surface area contributed by atoms with Crippen molar-refractivity contribution in [2.75, 3.05) is 24.8 Å². The van der Waals surface area contributed by atoms with Crippen molar-refractivity contribution in [1.82, 2.24) is 4.98 Å². The first kappa shape index (κ1) is 13.8. The van der Waals surface area contributed by atoms with Crippen LogP contribution in [0.2, 0.25) is 0 Å². The zero-order chi connectivity index (χ0) is 14.5. The molecular formula is C14H14FN3O2. The summed E-state index contributed by atoms with van der Waals surface area (Å²) in [7, 11) is 3.08. The lowest BCUT2D eigenvalue weighted by Gasteiger charge is -2.10. The predicted molar refractivity (Wildman–Crippen MR) is 74.7 cm³/mol. The van der Waals surface area contributed by atoms with Crippen molar-refractivity contribution in [3.05, 3.63) is 48.0 Å². The summed E-state index contributed by atoms with van der Waals surface area (Å²) >= 11 is 0. The lowest BCUT2D eigenvalue weighted by Crippen LogP contribution is -2.14. The lowest BCUT2D eigenvalue weighted by atomic mass is 10.2. The molecule has 0 spiro atoms. The van der Waals surface area contributed by atoms with E-state index in [0.29, 0.717) is 16.9 Å². The zero-order valence-electron chi connectivity index (χ0n) is 11.1. The van der Waals surface area contributed by atoms with Gasteiger partial charge in [-0.05, 0) is 18.2 Å². The summed E-state index contributed by atoms with van der Waals surface area (Å²) < 4.78 is 18.2. The maximum Gasteiger partial charge on any atom is 0.259 e. The summed E-state index contributed by atoms with van der Waals surface area (Å²) in [6.45, 7) is 0. The minimum Gasteiger partial charge on any atom is -0.494 e. The number of hydrogen-bond acceptors (Lipinski definition) is 4. The van der Waals surface area contributed by atoms with Crippen LogP contribution in [-0.2, 0) is 0 Å². The zero-order valence-corrected chi connectivity index (χ0v) is 11.1. The molecule has 0 aliphatic heterocycles. The van der Waals surface area contributed by atoms with Crippen LogP contribution in [0, 0.1) is 5.82 Å². The molecule has 2 N–H and O–H groups in total. The molecule has 2 rings (SSSR count). The van der Waals surface area contributed by atoms with Crippen molar-refractivity contribution in [2.45, 2.75) is 0 Å². The summed E-state index contributed by atoms with van der Waals surface area (Å²) in [6, 6.07) is 5.81. The van der Waals surface area contributed by atoms with Crippen LogP contribution in [0.5, 0.6) is 5.75 Å². The van der Waals surface area contributed by atoms with Crippen molar-refractivity contribution < 1.29 is 13.9 Å². The van der Waals surface area contributed by atoms with Crippen LogP contribution >= 0.6 is 0 Å². The molecule has 20 heavy (non-hydrogen) atoms. The summed E-state index contributed by atoms with van der Waals surface area (Å²) in [5.41, 5.74) is 1.50. The molecule has 0 saturated carbocycles. The van der Waals surface area contributed by atoms with Gasteiger partial charge in [0.15, 0.2) is 11.6 Å². The molecule has 0 aliphatic rings. The largest absolute Gasteiger partial charge is 0.494 e. The van der Waals surface area contributed by atoms with Gasteiger partial charge in [0.05, 0.1) is 12.7 Å². The van der Waals surface area contributed by atoms with Gasteiger partial charge in [0.2, 0.25) is 0 Å². The van der Waals surface area contributed by atoms with Gasteiger partial charge in [-0.3, -0.25) is 9.78 Å². The predicted octanol–water partition coefficient (Wildman–Crippen LogP) is 2.52. The summed E-state index contributed by atoms with van der Waals surface area (Å²) in [5, 5.41) is 5.58. The average Bonchev–Trinajstić information content (AvgIpc) is 2.49. The molecule has 0 saturated heterocycles. The molecule has 2 aromatic rings. The van der Waals surface area contributed by atoms with Crippen LogP contribution in [0.15, 0.2) is 36.7 Å². The average molecular weight is 275 g/mol. The highest BCUT2D eigenvalue weighted by Gasteiger charge is 2.12. The van der Waals surface area contributed by atoms with Gasteiger partial charge >= 0.3 is 0 Å². The molecule has 1 heterocycles. The first-order valence-electron chi connectivity index (χ1n) is 5.92. The van der Waals surface area contributed by atoms with Crippen molar-refractivity contribution in [2.24, 2.45) is 0 Å². The van der Waals surface area contributed by atoms with E-state index in [2.05, 4.69) is 15.6 Å². The number of nitrogens with one attached hydrogen (secondary N) is 2. The lowest BCUT2D eigenvalue weighted by molar-refractivity contribution is 0.102. The number of anilines is 2. The van der Waals surface area contributed by atoms with Crippen molar-refractivity contribution in [1.29, 1.82) is 0 Å². The molecule has 1 aromatic heterocycles. The smallest absolute Gasteiger partial charge is 0.259 e. The molecule has 1 amide bonds. The number of nitrogens with zero attached hydrogens (tertiary/aromatic N) is 1. The molecule has 6 heteroatoms. The highest BCUT2D eigenvalue weighted by molar-refractivity contribution is 6.07. The number of hydrogen-bond donors (Lipinski definition) is 2. The number of halogens is 1. The molecule has 0 bridgehead atoms. The van der Waals surface area contributed by atoms with Crippen molar-refractivity contribution in [3.8, 4) is 5.75 Å².